The van der Waals surface area contributed by atoms with Crippen molar-refractivity contribution in [2.24, 2.45) is 0 Å². The Bertz CT molecular complexity index is 953. The molecule has 7 heteroatoms. The first-order chi connectivity index (χ1) is 12.5. The van der Waals surface area contributed by atoms with Crippen LogP contribution in [0.5, 0.6) is 0 Å². The molecule has 1 unspecified atom stereocenters. The molecule has 0 bridgehead atoms. The second kappa shape index (κ2) is 7.88. The summed E-state index contributed by atoms with van der Waals surface area (Å²) in [6.07, 6.45) is 0. The number of carbonyl (C=O) groups excluding carboxylic acids is 1. The monoisotopic (exact) mass is 351 g/mol. The molecule has 3 rings (SSSR count). The normalized spacial score (nSPS) is 12.3. The standard InChI is InChI=1S/C19H21N5O2/c1-23(2)12-17(14-8-4-3-5-9-14)20-18(25)13-24-19(26)15-10-6-7-11-16(15)21-22-24/h3-11,17H,12-13H2,1-2H3,(H,20,25). The minimum Gasteiger partial charge on any atom is -0.346 e. The van der Waals surface area contributed by atoms with Crippen molar-refractivity contribution in [3.63, 3.8) is 0 Å². The fourth-order valence-corrected chi connectivity index (χ4v) is 2.79. The summed E-state index contributed by atoms with van der Waals surface area (Å²) in [6.45, 7) is 0.474. The molecule has 2 aromatic carbocycles. The van der Waals surface area contributed by atoms with Crippen LogP contribution in [0, 0.1) is 0 Å². The number of nitrogens with one attached hydrogen (secondary N) is 1. The van der Waals surface area contributed by atoms with Crippen molar-refractivity contribution in [2.45, 2.75) is 12.6 Å². The lowest BCUT2D eigenvalue weighted by molar-refractivity contribution is -0.122. The average Bonchev–Trinajstić information content (AvgIpc) is 2.64. The number of amides is 1. The first-order valence-electron chi connectivity index (χ1n) is 8.36. The van der Waals surface area contributed by atoms with Crippen molar-refractivity contribution in [2.75, 3.05) is 20.6 Å². The van der Waals surface area contributed by atoms with Crippen molar-refractivity contribution in [3.05, 3.63) is 70.5 Å². The Morgan fingerprint density at radius 3 is 2.54 bits per heavy atom. The van der Waals surface area contributed by atoms with Crippen LogP contribution < -0.4 is 10.9 Å². The molecule has 0 saturated carbocycles. The molecule has 134 valence electrons. The van der Waals surface area contributed by atoms with Gasteiger partial charge in [0.2, 0.25) is 5.91 Å². The maximum absolute atomic E-state index is 12.5. The van der Waals surface area contributed by atoms with E-state index in [4.69, 9.17) is 0 Å². The summed E-state index contributed by atoms with van der Waals surface area (Å²) in [4.78, 5) is 27.0. The Balaban J connectivity index is 1.78. The highest BCUT2D eigenvalue weighted by molar-refractivity contribution is 5.78. The van der Waals surface area contributed by atoms with Crippen LogP contribution in [-0.4, -0.2) is 46.4 Å². The maximum Gasteiger partial charge on any atom is 0.278 e. The van der Waals surface area contributed by atoms with Gasteiger partial charge in [-0.05, 0) is 31.8 Å². The molecule has 0 saturated heterocycles. The molecule has 7 nitrogen and oxygen atoms in total. The van der Waals surface area contributed by atoms with E-state index in [0.717, 1.165) is 10.2 Å². The van der Waals surface area contributed by atoms with Crippen molar-refractivity contribution in [1.29, 1.82) is 0 Å². The van der Waals surface area contributed by atoms with Gasteiger partial charge in [-0.15, -0.1) is 5.10 Å². The number of nitrogens with zero attached hydrogens (tertiary/aromatic N) is 4. The zero-order chi connectivity index (χ0) is 18.5. The number of likely N-dealkylation sites (N-methyl/N-ethyl adjacent to an activating group) is 1. The average molecular weight is 351 g/mol. The van der Waals surface area contributed by atoms with Crippen molar-refractivity contribution >= 4 is 16.8 Å². The first kappa shape index (κ1) is 17.8. The number of rotatable bonds is 6. The van der Waals surface area contributed by atoms with Gasteiger partial charge < -0.3 is 10.2 Å². The lowest BCUT2D eigenvalue weighted by atomic mass is 10.1. The molecule has 0 radical (unpaired) electrons. The number of benzene rings is 2. The van der Waals surface area contributed by atoms with Crippen LogP contribution in [0.1, 0.15) is 11.6 Å². The highest BCUT2D eigenvalue weighted by Gasteiger charge is 2.17. The molecule has 1 amide bonds. The molecule has 0 aliphatic rings. The van der Waals surface area contributed by atoms with Crippen LogP contribution in [0.3, 0.4) is 0 Å². The fraction of sp³-hybridized carbons (Fsp3) is 0.263. The van der Waals surface area contributed by atoms with Gasteiger partial charge in [0, 0.05) is 6.54 Å². The molecular formula is C19H21N5O2. The summed E-state index contributed by atoms with van der Waals surface area (Å²) in [7, 11) is 3.89. The minimum absolute atomic E-state index is 0.173. The van der Waals surface area contributed by atoms with Crippen LogP contribution >= 0.6 is 0 Å². The van der Waals surface area contributed by atoms with Gasteiger partial charge in [0.1, 0.15) is 12.1 Å². The zero-order valence-corrected chi connectivity index (χ0v) is 14.8. The van der Waals surface area contributed by atoms with E-state index < -0.39 is 0 Å². The lowest BCUT2D eigenvalue weighted by Crippen LogP contribution is -2.39. The molecule has 1 atom stereocenters. The van der Waals surface area contributed by atoms with E-state index in [2.05, 4.69) is 15.6 Å². The van der Waals surface area contributed by atoms with Gasteiger partial charge >= 0.3 is 0 Å². The minimum atomic E-state index is -0.324. The maximum atomic E-state index is 12.5. The van der Waals surface area contributed by atoms with E-state index in [1.54, 1.807) is 24.3 Å². The van der Waals surface area contributed by atoms with E-state index >= 15 is 0 Å². The Hall–Kier alpha value is -3.06. The van der Waals surface area contributed by atoms with Crippen LogP contribution in [0.15, 0.2) is 59.4 Å². The molecule has 1 N–H and O–H groups in total. The largest absolute Gasteiger partial charge is 0.346 e. The van der Waals surface area contributed by atoms with Gasteiger partial charge in [0.05, 0.1) is 11.4 Å². The van der Waals surface area contributed by atoms with Gasteiger partial charge in [0.25, 0.3) is 5.56 Å². The van der Waals surface area contributed by atoms with E-state index in [1.165, 1.54) is 0 Å². The van der Waals surface area contributed by atoms with Gasteiger partial charge in [-0.1, -0.05) is 47.7 Å². The number of carbonyl (C=O) groups is 1. The molecule has 3 aromatic rings. The molecule has 26 heavy (non-hydrogen) atoms. The van der Waals surface area contributed by atoms with Crippen LogP contribution in [0.4, 0.5) is 0 Å². The summed E-state index contributed by atoms with van der Waals surface area (Å²) in [6, 6.07) is 16.5. The quantitative estimate of drug-likeness (QED) is 0.722. The lowest BCUT2D eigenvalue weighted by Gasteiger charge is -2.23. The van der Waals surface area contributed by atoms with E-state index in [9.17, 15) is 9.59 Å². The highest BCUT2D eigenvalue weighted by Crippen LogP contribution is 2.13. The van der Waals surface area contributed by atoms with Crippen LogP contribution in [-0.2, 0) is 11.3 Å². The number of hydrogen-bond donors (Lipinski definition) is 1. The SMILES string of the molecule is CN(C)CC(NC(=O)Cn1nnc2ccccc2c1=O)c1ccccc1. The van der Waals surface area contributed by atoms with E-state index in [0.29, 0.717) is 17.4 Å². The fourth-order valence-electron chi connectivity index (χ4n) is 2.79. The Morgan fingerprint density at radius 1 is 1.12 bits per heavy atom. The smallest absolute Gasteiger partial charge is 0.278 e. The predicted molar refractivity (Wildman–Crippen MR) is 99.7 cm³/mol. The second-order valence-corrected chi connectivity index (χ2v) is 6.36. The second-order valence-electron chi connectivity index (χ2n) is 6.36. The third-order valence-electron chi connectivity index (χ3n) is 4.01. The number of fused-ring (bicyclic) bond motifs is 1. The first-order valence-corrected chi connectivity index (χ1v) is 8.36. The van der Waals surface area contributed by atoms with Crippen LogP contribution in [0.2, 0.25) is 0 Å². The van der Waals surface area contributed by atoms with Gasteiger partial charge in [-0.25, -0.2) is 4.68 Å². The van der Waals surface area contributed by atoms with Gasteiger partial charge in [0.15, 0.2) is 0 Å². The van der Waals surface area contributed by atoms with Crippen molar-refractivity contribution in [3.8, 4) is 0 Å². The summed E-state index contributed by atoms with van der Waals surface area (Å²) in [5.41, 5.74) is 1.20. The Morgan fingerprint density at radius 2 is 1.81 bits per heavy atom. The third-order valence-corrected chi connectivity index (χ3v) is 4.01. The highest BCUT2D eigenvalue weighted by atomic mass is 16.2. The molecule has 1 heterocycles. The van der Waals surface area contributed by atoms with Crippen molar-refractivity contribution in [1.82, 2.24) is 25.2 Å². The molecule has 1 aromatic heterocycles. The van der Waals surface area contributed by atoms with E-state index in [-0.39, 0.29) is 24.1 Å². The Kier molecular flexibility index (Phi) is 5.38. The molecule has 0 fully saturated rings. The number of hydrogen-bond acceptors (Lipinski definition) is 5. The summed E-state index contributed by atoms with van der Waals surface area (Å²) in [5, 5.41) is 11.3. The third kappa shape index (κ3) is 4.12. The number of aromatic nitrogens is 3. The van der Waals surface area contributed by atoms with E-state index in [1.807, 2.05) is 49.3 Å². The van der Waals surface area contributed by atoms with Crippen molar-refractivity contribution < 1.29 is 4.79 Å². The topological polar surface area (TPSA) is 80.1 Å². The van der Waals surface area contributed by atoms with Gasteiger partial charge in [-0.2, -0.15) is 0 Å². The summed E-state index contributed by atoms with van der Waals surface area (Å²) in [5.74, 6) is -0.285. The molecular weight excluding hydrogens is 330 g/mol. The summed E-state index contributed by atoms with van der Waals surface area (Å²) >= 11 is 0. The molecule has 0 aliphatic heterocycles. The molecule has 0 aliphatic carbocycles. The summed E-state index contributed by atoms with van der Waals surface area (Å²) < 4.78 is 1.09. The van der Waals surface area contributed by atoms with Gasteiger partial charge in [-0.3, -0.25) is 9.59 Å². The van der Waals surface area contributed by atoms with Crippen LogP contribution in [0.25, 0.3) is 10.9 Å². The molecule has 0 spiro atoms. The predicted octanol–water partition coefficient (Wildman–Crippen LogP) is 1.21. The Labute approximate surface area is 151 Å². The zero-order valence-electron chi connectivity index (χ0n) is 14.8.